The van der Waals surface area contributed by atoms with Crippen LogP contribution in [0.3, 0.4) is 0 Å². The molecule has 0 aliphatic heterocycles. The molecule has 90 valence electrons. The van der Waals surface area contributed by atoms with Crippen molar-refractivity contribution in [3.63, 3.8) is 0 Å². The Balaban J connectivity index is 2.66. The highest BCUT2D eigenvalue weighted by atomic mass is 16.5. The van der Waals surface area contributed by atoms with E-state index in [-0.39, 0.29) is 11.9 Å². The van der Waals surface area contributed by atoms with E-state index in [9.17, 15) is 9.90 Å². The van der Waals surface area contributed by atoms with E-state index in [1.807, 2.05) is 6.92 Å². The summed E-state index contributed by atoms with van der Waals surface area (Å²) in [4.78, 5) is 14.9. The molecule has 1 rings (SSSR count). The van der Waals surface area contributed by atoms with Crippen molar-refractivity contribution in [2.24, 2.45) is 0 Å². The second kappa shape index (κ2) is 5.62. The summed E-state index contributed by atoms with van der Waals surface area (Å²) >= 11 is 0. The lowest BCUT2D eigenvalue weighted by Crippen LogP contribution is -2.27. The van der Waals surface area contributed by atoms with E-state index < -0.39 is 11.9 Å². The second-order valence-electron chi connectivity index (χ2n) is 3.65. The highest BCUT2D eigenvalue weighted by Gasteiger charge is 2.11. The van der Waals surface area contributed by atoms with Crippen LogP contribution in [0.25, 0.3) is 0 Å². The fourth-order valence-corrected chi connectivity index (χ4v) is 1.29. The van der Waals surface area contributed by atoms with Gasteiger partial charge >= 0.3 is 5.69 Å². The van der Waals surface area contributed by atoms with E-state index in [0.717, 1.165) is 4.57 Å². The molecule has 2 unspecified atom stereocenters. The summed E-state index contributed by atoms with van der Waals surface area (Å²) in [5.74, 6) is 0.152. The minimum Gasteiger partial charge on any atom is -0.383 e. The number of aliphatic hydroxyl groups excluding tert-OH is 1. The van der Waals surface area contributed by atoms with E-state index in [1.165, 1.54) is 12.3 Å². The molecule has 1 aromatic rings. The summed E-state index contributed by atoms with van der Waals surface area (Å²) in [7, 11) is 1.61. The summed E-state index contributed by atoms with van der Waals surface area (Å²) in [5.41, 5.74) is 4.80. The molecule has 0 spiro atoms. The van der Waals surface area contributed by atoms with Crippen LogP contribution in [0.15, 0.2) is 17.1 Å². The first-order chi connectivity index (χ1) is 7.54. The maximum Gasteiger partial charge on any atom is 0.351 e. The quantitative estimate of drug-likeness (QED) is 0.746. The van der Waals surface area contributed by atoms with Gasteiger partial charge in [0.2, 0.25) is 0 Å². The molecule has 3 N–H and O–H groups in total. The maximum absolute atomic E-state index is 11.4. The molecule has 0 saturated heterocycles. The van der Waals surface area contributed by atoms with Gasteiger partial charge in [-0.25, -0.2) is 4.79 Å². The molecule has 6 nitrogen and oxygen atoms in total. The number of aromatic nitrogens is 2. The lowest BCUT2D eigenvalue weighted by atomic mass is 10.2. The normalized spacial score (nSPS) is 14.7. The molecule has 6 heteroatoms. The Morgan fingerprint density at radius 3 is 2.88 bits per heavy atom. The van der Waals surface area contributed by atoms with Crippen LogP contribution in [0.5, 0.6) is 0 Å². The third kappa shape index (κ3) is 3.32. The molecular weight excluding hydrogens is 210 g/mol. The van der Waals surface area contributed by atoms with Crippen molar-refractivity contribution in [1.82, 2.24) is 9.55 Å². The molecule has 0 saturated carbocycles. The zero-order valence-corrected chi connectivity index (χ0v) is 9.46. The fraction of sp³-hybridized carbons (Fsp3) is 0.600. The van der Waals surface area contributed by atoms with E-state index in [4.69, 9.17) is 10.5 Å². The Labute approximate surface area is 93.7 Å². The van der Waals surface area contributed by atoms with Crippen LogP contribution < -0.4 is 11.4 Å². The van der Waals surface area contributed by atoms with Gasteiger partial charge < -0.3 is 15.6 Å². The maximum atomic E-state index is 11.4. The zero-order chi connectivity index (χ0) is 12.1. The van der Waals surface area contributed by atoms with Gasteiger partial charge in [-0.2, -0.15) is 4.98 Å². The van der Waals surface area contributed by atoms with Crippen LogP contribution in [-0.2, 0) is 4.74 Å². The molecule has 2 atom stereocenters. The third-order valence-electron chi connectivity index (χ3n) is 2.41. The second-order valence-corrected chi connectivity index (χ2v) is 3.65. The first kappa shape index (κ1) is 12.7. The van der Waals surface area contributed by atoms with Crippen molar-refractivity contribution in [1.29, 1.82) is 0 Å². The smallest absolute Gasteiger partial charge is 0.351 e. The van der Waals surface area contributed by atoms with E-state index in [1.54, 1.807) is 7.11 Å². The number of aliphatic hydroxyl groups is 1. The van der Waals surface area contributed by atoms with Crippen LogP contribution in [0.1, 0.15) is 26.0 Å². The van der Waals surface area contributed by atoms with Gasteiger partial charge in [-0.3, -0.25) is 4.57 Å². The number of nitrogens with zero attached hydrogens (tertiary/aromatic N) is 2. The summed E-state index contributed by atoms with van der Waals surface area (Å²) in [6, 6.07) is 1.48. The van der Waals surface area contributed by atoms with Crippen molar-refractivity contribution in [2.45, 2.75) is 32.1 Å². The lowest BCUT2D eigenvalue weighted by molar-refractivity contribution is 0.0529. The zero-order valence-electron chi connectivity index (χ0n) is 9.46. The van der Waals surface area contributed by atoms with Crippen molar-refractivity contribution in [2.75, 3.05) is 12.8 Å². The summed E-state index contributed by atoms with van der Waals surface area (Å²) < 4.78 is 6.20. The number of rotatable bonds is 5. The fourth-order valence-electron chi connectivity index (χ4n) is 1.29. The van der Waals surface area contributed by atoms with Crippen LogP contribution in [-0.4, -0.2) is 27.9 Å². The number of nitrogens with two attached hydrogens (primary N) is 1. The molecule has 0 radical (unpaired) electrons. The molecule has 1 heterocycles. The Morgan fingerprint density at radius 2 is 2.31 bits per heavy atom. The van der Waals surface area contributed by atoms with Gasteiger partial charge in [0.25, 0.3) is 0 Å². The SMILES string of the molecule is COC(C)CCC(O)n1ccc(N)nc1=O. The molecule has 0 aromatic carbocycles. The molecule has 16 heavy (non-hydrogen) atoms. The minimum absolute atomic E-state index is 0.0482. The highest BCUT2D eigenvalue weighted by Crippen LogP contribution is 2.11. The molecule has 0 amide bonds. The lowest BCUT2D eigenvalue weighted by Gasteiger charge is -2.15. The highest BCUT2D eigenvalue weighted by molar-refractivity contribution is 5.23. The first-order valence-corrected chi connectivity index (χ1v) is 5.10. The number of hydrogen-bond donors (Lipinski definition) is 2. The first-order valence-electron chi connectivity index (χ1n) is 5.10. The average Bonchev–Trinajstić information content (AvgIpc) is 2.25. The molecule has 1 aromatic heterocycles. The van der Waals surface area contributed by atoms with E-state index in [2.05, 4.69) is 4.98 Å². The minimum atomic E-state index is -0.891. The Bertz CT molecular complexity index is 391. The van der Waals surface area contributed by atoms with Gasteiger partial charge in [-0.15, -0.1) is 0 Å². The molecule has 0 aliphatic rings. The third-order valence-corrected chi connectivity index (χ3v) is 2.41. The van der Waals surface area contributed by atoms with Crippen molar-refractivity contribution in [3.05, 3.63) is 22.7 Å². The van der Waals surface area contributed by atoms with E-state index in [0.29, 0.717) is 12.8 Å². The van der Waals surface area contributed by atoms with Crippen LogP contribution in [0.4, 0.5) is 5.82 Å². The van der Waals surface area contributed by atoms with Gasteiger partial charge in [0.05, 0.1) is 6.10 Å². The topological polar surface area (TPSA) is 90.4 Å². The van der Waals surface area contributed by atoms with E-state index >= 15 is 0 Å². The summed E-state index contributed by atoms with van der Waals surface area (Å²) in [5, 5.41) is 9.76. The number of hydrogen-bond acceptors (Lipinski definition) is 5. The van der Waals surface area contributed by atoms with Crippen LogP contribution in [0, 0.1) is 0 Å². The van der Waals surface area contributed by atoms with Gasteiger partial charge in [0.1, 0.15) is 12.0 Å². The molecule has 0 bridgehead atoms. The van der Waals surface area contributed by atoms with Crippen molar-refractivity contribution in [3.8, 4) is 0 Å². The summed E-state index contributed by atoms with van der Waals surface area (Å²) in [6.07, 6.45) is 1.69. The van der Waals surface area contributed by atoms with Crippen LogP contribution >= 0.6 is 0 Å². The number of methoxy groups -OCH3 is 1. The number of nitrogen functional groups attached to an aromatic ring is 1. The number of anilines is 1. The molecule has 0 aliphatic carbocycles. The Kier molecular flexibility index (Phi) is 4.45. The predicted molar refractivity (Wildman–Crippen MR) is 59.9 cm³/mol. The summed E-state index contributed by atoms with van der Waals surface area (Å²) in [6.45, 7) is 1.90. The number of ether oxygens (including phenoxy) is 1. The Hall–Kier alpha value is -1.40. The standard InChI is InChI=1S/C10H17N3O3/c1-7(16-2)3-4-9(14)13-6-5-8(11)12-10(13)15/h5-7,9,14H,3-4H2,1-2H3,(H2,11,12,15). The van der Waals surface area contributed by atoms with Crippen molar-refractivity contribution < 1.29 is 9.84 Å². The monoisotopic (exact) mass is 227 g/mol. The average molecular weight is 227 g/mol. The van der Waals surface area contributed by atoms with Gasteiger partial charge in [-0.05, 0) is 25.8 Å². The molecular formula is C10H17N3O3. The van der Waals surface area contributed by atoms with Gasteiger partial charge in [0.15, 0.2) is 0 Å². The molecule has 0 fully saturated rings. The Morgan fingerprint density at radius 1 is 1.62 bits per heavy atom. The van der Waals surface area contributed by atoms with Crippen molar-refractivity contribution >= 4 is 5.82 Å². The van der Waals surface area contributed by atoms with Gasteiger partial charge in [-0.1, -0.05) is 0 Å². The predicted octanol–water partition coefficient (Wildman–Crippen LogP) is 0.132. The largest absolute Gasteiger partial charge is 0.383 e. The van der Waals surface area contributed by atoms with Gasteiger partial charge in [0, 0.05) is 13.3 Å². The van der Waals surface area contributed by atoms with Crippen LogP contribution in [0.2, 0.25) is 0 Å².